The summed E-state index contributed by atoms with van der Waals surface area (Å²) < 4.78 is 54.2. The average molecular weight is 466 g/mol. The summed E-state index contributed by atoms with van der Waals surface area (Å²) in [4.78, 5) is 12.8. The van der Waals surface area contributed by atoms with E-state index in [9.17, 15) is 26.7 Å². The van der Waals surface area contributed by atoms with Crippen molar-refractivity contribution in [3.8, 4) is 0 Å². The van der Waals surface area contributed by atoms with Crippen LogP contribution in [-0.4, -0.2) is 72.8 Å². The summed E-state index contributed by atoms with van der Waals surface area (Å²) in [5, 5.41) is 15.4. The predicted molar refractivity (Wildman–Crippen MR) is 112 cm³/mol. The second kappa shape index (κ2) is 8.21. The van der Waals surface area contributed by atoms with Gasteiger partial charge in [-0.05, 0) is 33.6 Å². The normalized spacial score (nSPS) is 18.9. The Labute approximate surface area is 178 Å². The summed E-state index contributed by atoms with van der Waals surface area (Å²) >= 11 is 0. The summed E-state index contributed by atoms with van der Waals surface area (Å²) in [6.45, 7) is 7.96. The van der Waals surface area contributed by atoms with Gasteiger partial charge in [-0.25, -0.2) is 21.1 Å². The van der Waals surface area contributed by atoms with E-state index in [1.165, 1.54) is 24.2 Å². The van der Waals surface area contributed by atoms with Crippen molar-refractivity contribution >= 4 is 31.7 Å². The zero-order chi connectivity index (χ0) is 23.1. The predicted octanol–water partition coefficient (Wildman–Crippen LogP) is 0.889. The fraction of sp³-hybridized carbons (Fsp3) is 0.778. The maximum atomic E-state index is 13.1. The molecule has 12 heteroatoms. The fourth-order valence-electron chi connectivity index (χ4n) is 3.13. The van der Waals surface area contributed by atoms with Gasteiger partial charge in [-0.3, -0.25) is 10.1 Å². The Hall–Kier alpha value is -1.50. The molecular weight excluding hydrogens is 434 g/mol. The van der Waals surface area contributed by atoms with Crippen LogP contribution in [0.1, 0.15) is 53.2 Å². The monoisotopic (exact) mass is 465 g/mol. The zero-order valence-electron chi connectivity index (χ0n) is 18.2. The average Bonchev–Trinajstić information content (AvgIpc) is 3.10. The minimum absolute atomic E-state index is 0.0149. The van der Waals surface area contributed by atoms with E-state index in [0.717, 1.165) is 6.26 Å². The third-order valence-corrected chi connectivity index (χ3v) is 10.3. The second-order valence-corrected chi connectivity index (χ2v) is 13.6. The number of amides is 1. The van der Waals surface area contributed by atoms with Gasteiger partial charge in [0, 0.05) is 24.6 Å². The molecule has 30 heavy (non-hydrogen) atoms. The maximum Gasteiger partial charge on any atom is 0.247 e. The van der Waals surface area contributed by atoms with Crippen LogP contribution in [0.25, 0.3) is 0 Å². The smallest absolute Gasteiger partial charge is 0.247 e. The topological polar surface area (TPSA) is 147 Å². The van der Waals surface area contributed by atoms with Gasteiger partial charge in [0.25, 0.3) is 0 Å². The number of carbonyl (C=O) groups excluding carboxylic acids is 1. The van der Waals surface area contributed by atoms with Gasteiger partial charge in [0.15, 0.2) is 9.84 Å². The van der Waals surface area contributed by atoms with Crippen molar-refractivity contribution in [3.63, 3.8) is 0 Å². The first kappa shape index (κ1) is 24.8. The number of piperidine rings is 1. The van der Waals surface area contributed by atoms with Gasteiger partial charge < -0.3 is 9.63 Å². The van der Waals surface area contributed by atoms with Crippen molar-refractivity contribution in [3.05, 3.63) is 11.8 Å². The molecule has 2 heterocycles. The summed E-state index contributed by atoms with van der Waals surface area (Å²) in [6, 6.07) is 1.46. The number of hydrogen-bond donors (Lipinski definition) is 2. The van der Waals surface area contributed by atoms with Crippen LogP contribution in [0.5, 0.6) is 0 Å². The standard InChI is InChI=1S/C18H31N3O7S2/c1-12(22)17(2,3)14-11-15(28-20-14)19-16(23)18(4,5)30(26,27)13-7-9-21(10-8-13)29(6,24)25/h11-13,22H,7-10H2,1-6H3,(H,19,23)/t12-/m0/s1. The quantitative estimate of drug-likeness (QED) is 0.603. The Kier molecular flexibility index (Phi) is 6.78. The molecule has 1 aliphatic heterocycles. The first-order valence-electron chi connectivity index (χ1n) is 9.66. The zero-order valence-corrected chi connectivity index (χ0v) is 19.8. The molecule has 0 aliphatic carbocycles. The third kappa shape index (κ3) is 4.71. The Morgan fingerprint density at radius 3 is 2.23 bits per heavy atom. The largest absolute Gasteiger partial charge is 0.392 e. The molecule has 1 saturated heterocycles. The van der Waals surface area contributed by atoms with Crippen molar-refractivity contribution in [1.82, 2.24) is 9.46 Å². The number of aliphatic hydroxyl groups is 1. The lowest BCUT2D eigenvalue weighted by Gasteiger charge is -2.34. The minimum Gasteiger partial charge on any atom is -0.392 e. The number of hydrogen-bond acceptors (Lipinski definition) is 8. The van der Waals surface area contributed by atoms with E-state index in [1.54, 1.807) is 20.8 Å². The number of sulfone groups is 1. The van der Waals surface area contributed by atoms with Crippen LogP contribution in [-0.2, 0) is 30.1 Å². The molecule has 0 saturated carbocycles. The summed E-state index contributed by atoms with van der Waals surface area (Å²) in [6.07, 6.45) is 0.618. The number of rotatable bonds is 7. The van der Waals surface area contributed by atoms with Gasteiger partial charge in [0.05, 0.1) is 23.3 Å². The first-order valence-corrected chi connectivity index (χ1v) is 13.1. The van der Waals surface area contributed by atoms with Crippen LogP contribution in [0.15, 0.2) is 10.6 Å². The van der Waals surface area contributed by atoms with E-state index < -0.39 is 47.3 Å². The Morgan fingerprint density at radius 2 is 1.77 bits per heavy atom. The number of nitrogens with one attached hydrogen (secondary N) is 1. The minimum atomic E-state index is -3.92. The molecule has 0 radical (unpaired) electrons. The highest BCUT2D eigenvalue weighted by Gasteiger charge is 2.47. The highest BCUT2D eigenvalue weighted by molar-refractivity contribution is 7.94. The lowest BCUT2D eigenvalue weighted by molar-refractivity contribution is -0.118. The fourth-order valence-corrected chi connectivity index (χ4v) is 5.98. The highest BCUT2D eigenvalue weighted by Crippen LogP contribution is 2.31. The molecule has 1 aliphatic rings. The third-order valence-electron chi connectivity index (χ3n) is 6.02. The summed E-state index contributed by atoms with van der Waals surface area (Å²) in [7, 11) is -7.30. The Morgan fingerprint density at radius 1 is 1.23 bits per heavy atom. The van der Waals surface area contributed by atoms with Crippen molar-refractivity contribution in [2.75, 3.05) is 24.7 Å². The molecule has 1 atom stereocenters. The van der Waals surface area contributed by atoms with Crippen LogP contribution >= 0.6 is 0 Å². The SMILES string of the molecule is C[C@H](O)C(C)(C)c1cc(NC(=O)C(C)(C)S(=O)(=O)C2CCN(S(C)(=O)=O)CC2)on1. The Balaban J connectivity index is 2.14. The molecule has 0 unspecified atom stereocenters. The van der Waals surface area contributed by atoms with Gasteiger partial charge >= 0.3 is 0 Å². The first-order chi connectivity index (χ1) is 13.5. The van der Waals surface area contributed by atoms with Crippen LogP contribution < -0.4 is 5.32 Å². The summed E-state index contributed by atoms with van der Waals surface area (Å²) in [5.41, 5.74) is -0.302. The molecule has 2 N–H and O–H groups in total. The number of aliphatic hydroxyl groups excluding tert-OH is 1. The molecule has 1 aromatic heterocycles. The van der Waals surface area contributed by atoms with E-state index in [1.807, 2.05) is 0 Å². The molecule has 0 spiro atoms. The molecule has 1 aromatic rings. The molecular formula is C18H31N3O7S2. The molecule has 0 bridgehead atoms. The van der Waals surface area contributed by atoms with Crippen LogP contribution in [0.3, 0.4) is 0 Å². The van der Waals surface area contributed by atoms with Crippen molar-refractivity contribution < 1.29 is 31.3 Å². The molecule has 1 amide bonds. The molecule has 2 rings (SSSR count). The van der Waals surface area contributed by atoms with E-state index in [4.69, 9.17) is 4.52 Å². The van der Waals surface area contributed by atoms with E-state index in [2.05, 4.69) is 10.5 Å². The molecule has 0 aromatic carbocycles. The maximum absolute atomic E-state index is 13.1. The number of anilines is 1. The molecule has 172 valence electrons. The van der Waals surface area contributed by atoms with Gasteiger partial charge in [-0.2, -0.15) is 0 Å². The summed E-state index contributed by atoms with van der Waals surface area (Å²) in [5.74, 6) is -0.788. The van der Waals surface area contributed by atoms with E-state index in [-0.39, 0.29) is 31.8 Å². The van der Waals surface area contributed by atoms with Crippen molar-refractivity contribution in [1.29, 1.82) is 0 Å². The van der Waals surface area contributed by atoms with Crippen LogP contribution in [0.4, 0.5) is 5.88 Å². The number of sulfonamides is 1. The van der Waals surface area contributed by atoms with E-state index in [0.29, 0.717) is 5.69 Å². The number of carbonyl (C=O) groups is 1. The van der Waals surface area contributed by atoms with Gasteiger partial charge in [-0.15, -0.1) is 0 Å². The van der Waals surface area contributed by atoms with Gasteiger partial charge in [0.1, 0.15) is 4.75 Å². The lowest BCUT2D eigenvalue weighted by atomic mass is 9.84. The highest BCUT2D eigenvalue weighted by atomic mass is 32.2. The molecule has 1 fully saturated rings. The van der Waals surface area contributed by atoms with Gasteiger partial charge in [0.2, 0.25) is 21.8 Å². The van der Waals surface area contributed by atoms with Crippen molar-refractivity contribution in [2.45, 2.75) is 69.0 Å². The lowest BCUT2D eigenvalue weighted by Crippen LogP contribution is -2.52. The number of aromatic nitrogens is 1. The molecule has 10 nitrogen and oxygen atoms in total. The number of nitrogens with zero attached hydrogens (tertiary/aromatic N) is 2. The van der Waals surface area contributed by atoms with Gasteiger partial charge in [-0.1, -0.05) is 19.0 Å². The van der Waals surface area contributed by atoms with E-state index >= 15 is 0 Å². The second-order valence-electron chi connectivity index (χ2n) is 8.84. The van der Waals surface area contributed by atoms with Crippen LogP contribution in [0.2, 0.25) is 0 Å². The van der Waals surface area contributed by atoms with Crippen LogP contribution in [0, 0.1) is 0 Å². The Bertz CT molecular complexity index is 987. The van der Waals surface area contributed by atoms with Crippen molar-refractivity contribution in [2.24, 2.45) is 0 Å².